The summed E-state index contributed by atoms with van der Waals surface area (Å²) in [5, 5.41) is 3.45. The molecule has 0 bridgehead atoms. The molecule has 2 N–H and O–H groups in total. The molecule has 4 nitrogen and oxygen atoms in total. The van der Waals surface area contributed by atoms with Gasteiger partial charge in [-0.05, 0) is 42.9 Å². The fraction of sp³-hybridized carbons (Fsp3) is 0.562. The fourth-order valence-electron chi connectivity index (χ4n) is 3.01. The monoisotopic (exact) mass is 304 g/mol. The van der Waals surface area contributed by atoms with Gasteiger partial charge in [0.05, 0.1) is 0 Å². The third-order valence-corrected chi connectivity index (χ3v) is 5.10. The molecule has 114 valence electrons. The summed E-state index contributed by atoms with van der Waals surface area (Å²) in [5.74, 6) is 1.73. The van der Waals surface area contributed by atoms with Gasteiger partial charge in [-0.15, -0.1) is 11.3 Å². The van der Waals surface area contributed by atoms with Crippen molar-refractivity contribution in [1.82, 2.24) is 9.88 Å². The zero-order chi connectivity index (χ0) is 14.7. The summed E-state index contributed by atoms with van der Waals surface area (Å²) in [5.41, 5.74) is 5.75. The number of fused-ring (bicyclic) bond motifs is 1. The van der Waals surface area contributed by atoms with E-state index in [9.17, 15) is 0 Å². The molecule has 21 heavy (non-hydrogen) atoms. The summed E-state index contributed by atoms with van der Waals surface area (Å²) in [6, 6.07) is 4.30. The van der Waals surface area contributed by atoms with Crippen molar-refractivity contribution in [1.29, 1.82) is 0 Å². The molecule has 0 saturated carbocycles. The Morgan fingerprint density at radius 3 is 3.05 bits per heavy atom. The van der Waals surface area contributed by atoms with Gasteiger partial charge in [0.15, 0.2) is 0 Å². The lowest BCUT2D eigenvalue weighted by Crippen LogP contribution is -2.35. The lowest BCUT2D eigenvalue weighted by atomic mass is 10.1. The fourth-order valence-corrected chi connectivity index (χ4v) is 3.79. The van der Waals surface area contributed by atoms with Gasteiger partial charge >= 0.3 is 0 Å². The van der Waals surface area contributed by atoms with Gasteiger partial charge in [-0.1, -0.05) is 6.92 Å². The summed E-state index contributed by atoms with van der Waals surface area (Å²) in [4.78, 5) is 9.63. The summed E-state index contributed by atoms with van der Waals surface area (Å²) < 4.78 is 1.33. The van der Waals surface area contributed by atoms with Gasteiger partial charge in [-0.25, -0.2) is 4.98 Å². The molecule has 1 aliphatic rings. The van der Waals surface area contributed by atoms with E-state index in [1.165, 1.54) is 23.1 Å². The number of aromatic nitrogens is 1. The van der Waals surface area contributed by atoms with Crippen LogP contribution in [-0.2, 0) is 0 Å². The van der Waals surface area contributed by atoms with Crippen LogP contribution in [0.5, 0.6) is 0 Å². The van der Waals surface area contributed by atoms with Crippen LogP contribution in [0.25, 0.3) is 10.1 Å². The van der Waals surface area contributed by atoms with Crippen LogP contribution in [0, 0.1) is 5.92 Å². The van der Waals surface area contributed by atoms with Gasteiger partial charge in [-0.3, -0.25) is 0 Å². The van der Waals surface area contributed by atoms with Crippen LogP contribution in [0.15, 0.2) is 23.7 Å². The molecule has 5 heteroatoms. The first-order valence-corrected chi connectivity index (χ1v) is 8.65. The Bertz CT molecular complexity index is 582. The van der Waals surface area contributed by atoms with Gasteiger partial charge in [-0.2, -0.15) is 0 Å². The average molecular weight is 304 g/mol. The molecule has 1 atom stereocenters. The first-order valence-electron chi connectivity index (χ1n) is 7.77. The molecular weight excluding hydrogens is 280 g/mol. The van der Waals surface area contributed by atoms with Crippen LogP contribution in [0.1, 0.15) is 13.3 Å². The molecule has 3 heterocycles. The molecule has 2 aromatic rings. The maximum absolute atomic E-state index is 5.75. The smallest absolute Gasteiger partial charge is 0.137 e. The van der Waals surface area contributed by atoms with E-state index < -0.39 is 0 Å². The first-order chi connectivity index (χ1) is 10.3. The summed E-state index contributed by atoms with van der Waals surface area (Å²) in [6.45, 7) is 8.54. The number of nitrogens with two attached hydrogens (primary N) is 1. The van der Waals surface area contributed by atoms with Crippen molar-refractivity contribution in [2.24, 2.45) is 11.7 Å². The van der Waals surface area contributed by atoms with Crippen molar-refractivity contribution in [3.63, 3.8) is 0 Å². The van der Waals surface area contributed by atoms with E-state index in [-0.39, 0.29) is 0 Å². The van der Waals surface area contributed by atoms with Gasteiger partial charge in [0.25, 0.3) is 0 Å². The Balaban J connectivity index is 1.71. The lowest BCUT2D eigenvalue weighted by molar-refractivity contribution is 0.255. The van der Waals surface area contributed by atoms with Crippen molar-refractivity contribution < 1.29 is 0 Å². The second-order valence-electron chi connectivity index (χ2n) is 5.95. The molecule has 2 aromatic heterocycles. The first kappa shape index (κ1) is 14.8. The quantitative estimate of drug-likeness (QED) is 0.942. The van der Waals surface area contributed by atoms with E-state index in [1.54, 1.807) is 11.3 Å². The summed E-state index contributed by atoms with van der Waals surface area (Å²) in [6.07, 6.45) is 3.13. The molecular formula is C16H24N4S. The Labute approximate surface area is 130 Å². The third kappa shape index (κ3) is 3.36. The maximum atomic E-state index is 5.75. The van der Waals surface area contributed by atoms with Crippen LogP contribution < -0.4 is 10.6 Å². The number of anilines is 1. The maximum Gasteiger partial charge on any atom is 0.137 e. The van der Waals surface area contributed by atoms with Crippen LogP contribution in [-0.4, -0.2) is 49.2 Å². The molecule has 1 saturated heterocycles. The highest BCUT2D eigenvalue weighted by molar-refractivity contribution is 7.17. The minimum Gasteiger partial charge on any atom is -0.355 e. The molecule has 1 fully saturated rings. The summed E-state index contributed by atoms with van der Waals surface area (Å²) in [7, 11) is 0. The number of nitrogens with zero attached hydrogens (tertiary/aromatic N) is 3. The minimum atomic E-state index is 0.579. The van der Waals surface area contributed by atoms with E-state index in [4.69, 9.17) is 5.73 Å². The molecule has 0 amide bonds. The van der Waals surface area contributed by atoms with Crippen molar-refractivity contribution in [3.8, 4) is 0 Å². The molecule has 0 aromatic carbocycles. The standard InChI is InChI=1S/C16H24N4S/c1-13(11-17)12-19-6-2-7-20(9-8-19)16-14-4-10-21-15(14)3-5-18-16/h3-5,10,13H,2,6-9,11-12,17H2,1H3. The normalized spacial score (nSPS) is 18.9. The van der Waals surface area contributed by atoms with Gasteiger partial charge < -0.3 is 15.5 Å². The highest BCUT2D eigenvalue weighted by Gasteiger charge is 2.18. The Kier molecular flexibility index (Phi) is 4.73. The number of rotatable bonds is 4. The number of thiophene rings is 1. The van der Waals surface area contributed by atoms with E-state index in [1.807, 2.05) is 6.20 Å². The van der Waals surface area contributed by atoms with Gasteiger partial charge in [0, 0.05) is 42.5 Å². The van der Waals surface area contributed by atoms with Crippen LogP contribution >= 0.6 is 11.3 Å². The topological polar surface area (TPSA) is 45.4 Å². The molecule has 1 aliphatic heterocycles. The lowest BCUT2D eigenvalue weighted by Gasteiger charge is -2.24. The zero-order valence-electron chi connectivity index (χ0n) is 12.7. The Morgan fingerprint density at radius 2 is 2.19 bits per heavy atom. The van der Waals surface area contributed by atoms with Crippen molar-refractivity contribution in [2.45, 2.75) is 13.3 Å². The van der Waals surface area contributed by atoms with Gasteiger partial charge in [0.2, 0.25) is 0 Å². The highest BCUT2D eigenvalue weighted by atomic mass is 32.1. The van der Waals surface area contributed by atoms with E-state index in [2.05, 4.69) is 39.2 Å². The minimum absolute atomic E-state index is 0.579. The predicted molar refractivity (Wildman–Crippen MR) is 91.1 cm³/mol. The van der Waals surface area contributed by atoms with E-state index >= 15 is 0 Å². The highest BCUT2D eigenvalue weighted by Crippen LogP contribution is 2.28. The van der Waals surface area contributed by atoms with E-state index in [0.717, 1.165) is 38.5 Å². The molecule has 0 spiro atoms. The number of hydrogen-bond acceptors (Lipinski definition) is 5. The molecule has 1 unspecified atom stereocenters. The molecule has 3 rings (SSSR count). The van der Waals surface area contributed by atoms with Crippen molar-refractivity contribution in [3.05, 3.63) is 23.7 Å². The van der Waals surface area contributed by atoms with E-state index in [0.29, 0.717) is 5.92 Å². The number of hydrogen-bond donors (Lipinski definition) is 1. The van der Waals surface area contributed by atoms with Crippen molar-refractivity contribution >= 4 is 27.2 Å². The second-order valence-corrected chi connectivity index (χ2v) is 6.90. The third-order valence-electron chi connectivity index (χ3n) is 4.22. The Hall–Kier alpha value is -1.17. The largest absolute Gasteiger partial charge is 0.355 e. The van der Waals surface area contributed by atoms with Gasteiger partial charge in [0.1, 0.15) is 5.82 Å². The average Bonchev–Trinajstić information content (AvgIpc) is 2.87. The molecule has 0 radical (unpaired) electrons. The van der Waals surface area contributed by atoms with Crippen molar-refractivity contribution in [2.75, 3.05) is 44.2 Å². The summed E-state index contributed by atoms with van der Waals surface area (Å²) >= 11 is 1.79. The van der Waals surface area contributed by atoms with Crippen LogP contribution in [0.2, 0.25) is 0 Å². The molecule has 0 aliphatic carbocycles. The Morgan fingerprint density at radius 1 is 1.29 bits per heavy atom. The predicted octanol–water partition coefficient (Wildman–Crippen LogP) is 2.40. The van der Waals surface area contributed by atoms with Crippen LogP contribution in [0.3, 0.4) is 0 Å². The zero-order valence-corrected chi connectivity index (χ0v) is 13.5. The number of pyridine rings is 1. The van der Waals surface area contributed by atoms with Crippen LogP contribution in [0.4, 0.5) is 5.82 Å². The SMILES string of the molecule is CC(CN)CN1CCCN(c2nccc3sccc23)CC1. The second kappa shape index (κ2) is 6.73.